The standard InChI is InChI=1S/C15H23F3N4O/c1-9-7-21(6-5-19-9)14(23)10(2)13-11(3)20-22(12(13)4)8-15(16,17)18/h9-10,19H,5-8H2,1-4H3/t9-,10?/m1/s1. The predicted molar refractivity (Wildman–Crippen MR) is 80.2 cm³/mol. The molecule has 23 heavy (non-hydrogen) atoms. The molecule has 0 bridgehead atoms. The average molecular weight is 332 g/mol. The molecule has 0 spiro atoms. The van der Waals surface area contributed by atoms with E-state index in [4.69, 9.17) is 0 Å². The van der Waals surface area contributed by atoms with Gasteiger partial charge in [0, 0.05) is 36.9 Å². The Hall–Kier alpha value is -1.57. The van der Waals surface area contributed by atoms with Crippen molar-refractivity contribution in [2.75, 3.05) is 19.6 Å². The van der Waals surface area contributed by atoms with Crippen LogP contribution in [0.2, 0.25) is 0 Å². The number of halogens is 3. The van der Waals surface area contributed by atoms with Crippen LogP contribution in [0.15, 0.2) is 0 Å². The first-order valence-electron chi connectivity index (χ1n) is 7.73. The molecule has 0 aromatic carbocycles. The Kier molecular flexibility index (Phi) is 5.03. The van der Waals surface area contributed by atoms with Crippen LogP contribution >= 0.6 is 0 Å². The number of hydrogen-bond acceptors (Lipinski definition) is 3. The Balaban J connectivity index is 2.22. The largest absolute Gasteiger partial charge is 0.408 e. The van der Waals surface area contributed by atoms with Crippen molar-refractivity contribution in [3.05, 3.63) is 17.0 Å². The number of aromatic nitrogens is 2. The highest BCUT2D eigenvalue weighted by atomic mass is 19.4. The van der Waals surface area contributed by atoms with Crippen LogP contribution in [0.4, 0.5) is 13.2 Å². The van der Waals surface area contributed by atoms with Gasteiger partial charge in [-0.15, -0.1) is 0 Å². The molecular formula is C15H23F3N4O. The second kappa shape index (κ2) is 6.51. The Morgan fingerprint density at radius 2 is 2.09 bits per heavy atom. The first-order valence-corrected chi connectivity index (χ1v) is 7.73. The predicted octanol–water partition coefficient (Wildman–Crippen LogP) is 1.99. The van der Waals surface area contributed by atoms with Crippen molar-refractivity contribution in [1.82, 2.24) is 20.0 Å². The number of aryl methyl sites for hydroxylation is 1. The van der Waals surface area contributed by atoms with Crippen molar-refractivity contribution in [2.45, 2.75) is 52.4 Å². The van der Waals surface area contributed by atoms with Gasteiger partial charge in [-0.25, -0.2) is 0 Å². The van der Waals surface area contributed by atoms with Gasteiger partial charge < -0.3 is 10.2 Å². The van der Waals surface area contributed by atoms with Crippen LogP contribution in [0.3, 0.4) is 0 Å². The van der Waals surface area contributed by atoms with Crippen molar-refractivity contribution in [3.8, 4) is 0 Å². The van der Waals surface area contributed by atoms with Crippen molar-refractivity contribution in [3.63, 3.8) is 0 Å². The molecule has 0 radical (unpaired) electrons. The molecule has 2 rings (SSSR count). The van der Waals surface area contributed by atoms with Crippen LogP contribution in [-0.2, 0) is 11.3 Å². The van der Waals surface area contributed by atoms with Crippen LogP contribution in [-0.4, -0.2) is 52.4 Å². The molecule has 1 aliphatic rings. The number of carbonyl (C=O) groups is 1. The molecule has 5 nitrogen and oxygen atoms in total. The summed E-state index contributed by atoms with van der Waals surface area (Å²) < 4.78 is 38.8. The molecule has 2 atom stereocenters. The van der Waals surface area contributed by atoms with Gasteiger partial charge in [0.15, 0.2) is 0 Å². The van der Waals surface area contributed by atoms with Crippen LogP contribution in [0, 0.1) is 13.8 Å². The summed E-state index contributed by atoms with van der Waals surface area (Å²) >= 11 is 0. The fraction of sp³-hybridized carbons (Fsp3) is 0.733. The van der Waals surface area contributed by atoms with Crippen molar-refractivity contribution in [2.24, 2.45) is 0 Å². The second-order valence-corrected chi connectivity index (χ2v) is 6.22. The average Bonchev–Trinajstić information content (AvgIpc) is 2.70. The number of hydrogen-bond donors (Lipinski definition) is 1. The topological polar surface area (TPSA) is 50.2 Å². The smallest absolute Gasteiger partial charge is 0.339 e. The number of piperazine rings is 1. The summed E-state index contributed by atoms with van der Waals surface area (Å²) in [6, 6.07) is 0.218. The third-order valence-corrected chi connectivity index (χ3v) is 4.25. The number of alkyl halides is 3. The summed E-state index contributed by atoms with van der Waals surface area (Å²) in [5.41, 5.74) is 1.49. The number of nitrogens with zero attached hydrogens (tertiary/aromatic N) is 3. The lowest BCUT2D eigenvalue weighted by Gasteiger charge is -2.33. The molecule has 1 amide bonds. The molecule has 1 saturated heterocycles. The van der Waals surface area contributed by atoms with Gasteiger partial charge in [0.25, 0.3) is 0 Å². The van der Waals surface area contributed by atoms with Crippen molar-refractivity contribution < 1.29 is 18.0 Å². The van der Waals surface area contributed by atoms with Crippen molar-refractivity contribution in [1.29, 1.82) is 0 Å². The van der Waals surface area contributed by atoms with Gasteiger partial charge in [-0.05, 0) is 27.7 Å². The van der Waals surface area contributed by atoms with Gasteiger partial charge in [0.1, 0.15) is 6.54 Å². The highest BCUT2D eigenvalue weighted by Gasteiger charge is 2.33. The monoisotopic (exact) mass is 332 g/mol. The lowest BCUT2D eigenvalue weighted by Crippen LogP contribution is -2.52. The third-order valence-electron chi connectivity index (χ3n) is 4.25. The minimum Gasteiger partial charge on any atom is -0.339 e. The van der Waals surface area contributed by atoms with Crippen LogP contribution in [0.5, 0.6) is 0 Å². The van der Waals surface area contributed by atoms with Gasteiger partial charge >= 0.3 is 6.18 Å². The molecule has 1 unspecified atom stereocenters. The van der Waals surface area contributed by atoms with E-state index in [1.807, 2.05) is 6.92 Å². The molecule has 1 aromatic rings. The van der Waals surface area contributed by atoms with Crippen molar-refractivity contribution >= 4 is 5.91 Å². The molecule has 0 aliphatic carbocycles. The first-order chi connectivity index (χ1) is 10.6. The zero-order valence-corrected chi connectivity index (χ0v) is 13.9. The van der Waals surface area contributed by atoms with Gasteiger partial charge in [0.2, 0.25) is 5.91 Å². The summed E-state index contributed by atoms with van der Waals surface area (Å²) in [5.74, 6) is -0.557. The molecule has 8 heteroatoms. The zero-order valence-electron chi connectivity index (χ0n) is 13.9. The second-order valence-electron chi connectivity index (χ2n) is 6.22. The summed E-state index contributed by atoms with van der Waals surface area (Å²) in [6.07, 6.45) is -4.33. The number of carbonyl (C=O) groups excluding carboxylic acids is 1. The molecule has 1 aliphatic heterocycles. The highest BCUT2D eigenvalue weighted by molar-refractivity contribution is 5.84. The number of nitrogens with one attached hydrogen (secondary N) is 1. The molecular weight excluding hydrogens is 309 g/mol. The minimum atomic E-state index is -4.33. The maximum atomic E-state index is 12.7. The molecule has 1 aromatic heterocycles. The van der Waals surface area contributed by atoms with E-state index in [-0.39, 0.29) is 11.9 Å². The van der Waals surface area contributed by atoms with E-state index < -0.39 is 18.6 Å². The van der Waals surface area contributed by atoms with E-state index in [9.17, 15) is 18.0 Å². The van der Waals surface area contributed by atoms with Crippen LogP contribution in [0.1, 0.15) is 36.7 Å². The molecule has 130 valence electrons. The maximum Gasteiger partial charge on any atom is 0.408 e. The number of amides is 1. The zero-order chi connectivity index (χ0) is 17.4. The van der Waals surface area contributed by atoms with E-state index in [2.05, 4.69) is 10.4 Å². The Morgan fingerprint density at radius 3 is 2.65 bits per heavy atom. The van der Waals surface area contributed by atoms with E-state index in [0.717, 1.165) is 11.2 Å². The van der Waals surface area contributed by atoms with E-state index in [0.29, 0.717) is 30.0 Å². The minimum absolute atomic E-state index is 0.0592. The summed E-state index contributed by atoms with van der Waals surface area (Å²) in [4.78, 5) is 14.5. The first kappa shape index (κ1) is 17.8. The van der Waals surface area contributed by atoms with Gasteiger partial charge in [-0.2, -0.15) is 18.3 Å². The Morgan fingerprint density at radius 1 is 1.43 bits per heavy atom. The van der Waals surface area contributed by atoms with E-state index in [1.165, 1.54) is 0 Å². The van der Waals surface area contributed by atoms with Gasteiger partial charge in [-0.3, -0.25) is 9.48 Å². The number of rotatable bonds is 3. The van der Waals surface area contributed by atoms with Gasteiger partial charge in [-0.1, -0.05) is 0 Å². The Bertz CT molecular complexity index is 582. The highest BCUT2D eigenvalue weighted by Crippen LogP contribution is 2.27. The molecule has 1 N–H and O–H groups in total. The lowest BCUT2D eigenvalue weighted by atomic mass is 9.97. The van der Waals surface area contributed by atoms with Crippen LogP contribution in [0.25, 0.3) is 0 Å². The third kappa shape index (κ3) is 4.04. The molecule has 0 saturated carbocycles. The summed E-state index contributed by atoms with van der Waals surface area (Å²) in [5, 5.41) is 7.24. The molecule has 2 heterocycles. The summed E-state index contributed by atoms with van der Waals surface area (Å²) in [6.45, 7) is 7.80. The quantitative estimate of drug-likeness (QED) is 0.921. The van der Waals surface area contributed by atoms with Crippen LogP contribution < -0.4 is 5.32 Å². The SMILES string of the molecule is Cc1nn(CC(F)(F)F)c(C)c1C(C)C(=O)N1CCN[C@H](C)C1. The van der Waals surface area contributed by atoms with E-state index >= 15 is 0 Å². The van der Waals surface area contributed by atoms with E-state index in [1.54, 1.807) is 25.7 Å². The molecule has 1 fully saturated rings. The fourth-order valence-electron chi connectivity index (χ4n) is 3.19. The summed E-state index contributed by atoms with van der Waals surface area (Å²) in [7, 11) is 0. The lowest BCUT2D eigenvalue weighted by molar-refractivity contribution is -0.143. The fourth-order valence-corrected chi connectivity index (χ4v) is 3.19. The normalized spacial score (nSPS) is 20.7. The maximum absolute atomic E-state index is 12.7. The van der Waals surface area contributed by atoms with Gasteiger partial charge in [0.05, 0.1) is 11.6 Å². The Labute approximate surface area is 133 Å².